The Morgan fingerprint density at radius 2 is 1.87 bits per heavy atom. The summed E-state index contributed by atoms with van der Waals surface area (Å²) in [5.41, 5.74) is 1.15. The highest BCUT2D eigenvalue weighted by atomic mass is 16.5. The van der Waals surface area contributed by atoms with Gasteiger partial charge >= 0.3 is 0 Å². The minimum absolute atomic E-state index is 0.0454. The van der Waals surface area contributed by atoms with Gasteiger partial charge in [-0.1, -0.05) is 32.3 Å². The number of hydrogen-bond acceptors (Lipinski definition) is 6. The van der Waals surface area contributed by atoms with E-state index in [4.69, 9.17) is 14.0 Å². The van der Waals surface area contributed by atoms with Crippen LogP contribution in [-0.2, 0) is 11.2 Å². The number of rotatable bonds is 9. The number of aromatic nitrogens is 2. The Balaban J connectivity index is 1.48. The fourth-order valence-corrected chi connectivity index (χ4v) is 4.28. The van der Waals surface area contributed by atoms with Crippen LogP contribution in [0, 0.1) is 11.3 Å². The average Bonchev–Trinajstić information content (AvgIpc) is 3.26. The van der Waals surface area contributed by atoms with Crippen LogP contribution in [0.15, 0.2) is 22.7 Å². The molecule has 0 spiro atoms. The van der Waals surface area contributed by atoms with Gasteiger partial charge in [-0.15, -0.1) is 0 Å². The van der Waals surface area contributed by atoms with E-state index >= 15 is 0 Å². The van der Waals surface area contributed by atoms with Crippen LogP contribution in [0.1, 0.15) is 65.2 Å². The van der Waals surface area contributed by atoms with Crippen molar-refractivity contribution in [2.24, 2.45) is 11.3 Å². The minimum Gasteiger partial charge on any atom is -0.493 e. The molecule has 1 N–H and O–H groups in total. The van der Waals surface area contributed by atoms with E-state index in [0.717, 1.165) is 24.3 Å². The van der Waals surface area contributed by atoms with Gasteiger partial charge < -0.3 is 19.3 Å². The lowest BCUT2D eigenvalue weighted by Gasteiger charge is -2.39. The van der Waals surface area contributed by atoms with E-state index in [1.807, 2.05) is 6.07 Å². The highest BCUT2D eigenvalue weighted by Gasteiger charge is 2.32. The number of amides is 1. The lowest BCUT2D eigenvalue weighted by Crippen LogP contribution is -2.40. The molecule has 1 aliphatic carbocycles. The zero-order valence-electron chi connectivity index (χ0n) is 19.4. The smallest absolute Gasteiger partial charge is 0.227 e. The zero-order chi connectivity index (χ0) is 22.4. The summed E-state index contributed by atoms with van der Waals surface area (Å²) in [5.74, 6) is 2.95. The second-order valence-electron chi connectivity index (χ2n) is 9.04. The van der Waals surface area contributed by atoms with Crippen molar-refractivity contribution < 1.29 is 18.8 Å². The van der Waals surface area contributed by atoms with Gasteiger partial charge in [0.2, 0.25) is 17.6 Å². The average molecular weight is 430 g/mol. The molecule has 1 aromatic carbocycles. The van der Waals surface area contributed by atoms with Crippen molar-refractivity contribution in [1.29, 1.82) is 0 Å². The lowest BCUT2D eigenvalue weighted by atomic mass is 9.69. The van der Waals surface area contributed by atoms with E-state index in [2.05, 4.69) is 36.2 Å². The summed E-state index contributed by atoms with van der Waals surface area (Å²) in [6.45, 7) is 6.98. The molecule has 1 heterocycles. The predicted octanol–water partition coefficient (Wildman–Crippen LogP) is 4.80. The lowest BCUT2D eigenvalue weighted by molar-refractivity contribution is -0.122. The number of nitrogens with one attached hydrogen (secondary N) is 1. The number of aryl methyl sites for hydroxylation is 1. The van der Waals surface area contributed by atoms with E-state index in [0.29, 0.717) is 41.5 Å². The number of ether oxygens (including phenoxy) is 2. The van der Waals surface area contributed by atoms with Gasteiger partial charge in [-0.25, -0.2) is 0 Å². The van der Waals surface area contributed by atoms with Gasteiger partial charge in [-0.2, -0.15) is 4.98 Å². The van der Waals surface area contributed by atoms with E-state index < -0.39 is 0 Å². The summed E-state index contributed by atoms with van der Waals surface area (Å²) in [7, 11) is 3.17. The van der Waals surface area contributed by atoms with Crippen LogP contribution in [0.3, 0.4) is 0 Å². The third-order valence-electron chi connectivity index (χ3n) is 6.78. The standard InChI is InChI=1S/C24H35N3O4/c1-6-24(2,3)17-8-10-18(11-9-17)25-21(28)13-14-22-26-23(27-31-22)16-7-12-19(29-4)20(15-16)30-5/h7,12,15,17-18H,6,8-11,13-14H2,1-5H3,(H,25,28). The van der Waals surface area contributed by atoms with Crippen molar-refractivity contribution in [3.8, 4) is 22.9 Å². The Kier molecular flexibility index (Phi) is 7.57. The molecule has 7 heteroatoms. The van der Waals surface area contributed by atoms with E-state index in [9.17, 15) is 4.79 Å². The number of nitrogens with zero attached hydrogens (tertiary/aromatic N) is 2. The molecule has 1 fully saturated rings. The Bertz CT molecular complexity index is 869. The molecule has 2 aromatic rings. The summed E-state index contributed by atoms with van der Waals surface area (Å²) < 4.78 is 15.9. The number of carbonyl (C=O) groups excluding carboxylic acids is 1. The summed E-state index contributed by atoms with van der Waals surface area (Å²) in [6, 6.07) is 5.73. The third-order valence-corrected chi connectivity index (χ3v) is 6.78. The molecule has 3 rings (SSSR count). The second-order valence-corrected chi connectivity index (χ2v) is 9.04. The summed E-state index contributed by atoms with van der Waals surface area (Å²) in [6.07, 6.45) is 6.45. The maximum atomic E-state index is 12.4. The van der Waals surface area contributed by atoms with E-state index in [1.165, 1.54) is 19.3 Å². The maximum absolute atomic E-state index is 12.4. The molecule has 0 aliphatic heterocycles. The minimum atomic E-state index is 0.0454. The summed E-state index contributed by atoms with van der Waals surface area (Å²) in [4.78, 5) is 16.8. The zero-order valence-corrected chi connectivity index (χ0v) is 19.4. The molecule has 1 aromatic heterocycles. The maximum Gasteiger partial charge on any atom is 0.227 e. The Morgan fingerprint density at radius 1 is 1.16 bits per heavy atom. The van der Waals surface area contributed by atoms with E-state index in [1.54, 1.807) is 26.4 Å². The second kappa shape index (κ2) is 10.2. The molecule has 0 radical (unpaired) electrons. The van der Waals surface area contributed by atoms with Crippen molar-refractivity contribution in [3.05, 3.63) is 24.1 Å². The number of carbonyl (C=O) groups is 1. The Hall–Kier alpha value is -2.57. The fraction of sp³-hybridized carbons (Fsp3) is 0.625. The van der Waals surface area contributed by atoms with Crippen LogP contribution in [0.2, 0.25) is 0 Å². The van der Waals surface area contributed by atoms with Crippen LogP contribution < -0.4 is 14.8 Å². The first kappa shape index (κ1) is 23.1. The van der Waals surface area contributed by atoms with Gasteiger partial charge in [0.1, 0.15) is 0 Å². The van der Waals surface area contributed by atoms with Gasteiger partial charge in [0.05, 0.1) is 14.2 Å². The number of hydrogen-bond donors (Lipinski definition) is 1. The fourth-order valence-electron chi connectivity index (χ4n) is 4.28. The molecule has 0 saturated heterocycles. The predicted molar refractivity (Wildman–Crippen MR) is 119 cm³/mol. The Labute approximate surface area is 184 Å². The highest BCUT2D eigenvalue weighted by molar-refractivity contribution is 5.76. The first-order chi connectivity index (χ1) is 14.9. The van der Waals surface area contributed by atoms with Crippen LogP contribution >= 0.6 is 0 Å². The highest BCUT2D eigenvalue weighted by Crippen LogP contribution is 2.40. The number of benzene rings is 1. The normalized spacial score (nSPS) is 19.1. The molecule has 1 aliphatic rings. The molecule has 0 bridgehead atoms. The van der Waals surface area contributed by atoms with Crippen molar-refractivity contribution in [1.82, 2.24) is 15.5 Å². The largest absolute Gasteiger partial charge is 0.493 e. The van der Waals surface area contributed by atoms with Crippen molar-refractivity contribution >= 4 is 5.91 Å². The van der Waals surface area contributed by atoms with Gasteiger partial charge in [0.15, 0.2) is 11.5 Å². The molecular weight excluding hydrogens is 394 g/mol. The molecule has 0 atom stereocenters. The van der Waals surface area contributed by atoms with Gasteiger partial charge in [-0.3, -0.25) is 4.79 Å². The van der Waals surface area contributed by atoms with Crippen LogP contribution in [0.25, 0.3) is 11.4 Å². The molecule has 0 unspecified atom stereocenters. The first-order valence-corrected chi connectivity index (χ1v) is 11.2. The van der Waals surface area contributed by atoms with Crippen LogP contribution in [0.5, 0.6) is 11.5 Å². The van der Waals surface area contributed by atoms with Gasteiger partial charge in [0.25, 0.3) is 0 Å². The summed E-state index contributed by atoms with van der Waals surface area (Å²) >= 11 is 0. The van der Waals surface area contributed by atoms with Crippen molar-refractivity contribution in [2.75, 3.05) is 14.2 Å². The molecule has 1 saturated carbocycles. The Morgan fingerprint density at radius 3 is 2.52 bits per heavy atom. The monoisotopic (exact) mass is 429 g/mol. The topological polar surface area (TPSA) is 86.5 Å². The van der Waals surface area contributed by atoms with Crippen molar-refractivity contribution in [2.45, 2.75) is 71.8 Å². The number of methoxy groups -OCH3 is 2. The molecular formula is C24H35N3O4. The molecule has 7 nitrogen and oxygen atoms in total. The van der Waals surface area contributed by atoms with Gasteiger partial charge in [-0.05, 0) is 55.2 Å². The molecule has 1 amide bonds. The van der Waals surface area contributed by atoms with Crippen LogP contribution in [-0.4, -0.2) is 36.3 Å². The molecule has 31 heavy (non-hydrogen) atoms. The third kappa shape index (κ3) is 5.77. The molecule has 170 valence electrons. The van der Waals surface area contributed by atoms with Gasteiger partial charge in [0, 0.05) is 24.4 Å². The SMILES string of the molecule is CCC(C)(C)C1CCC(NC(=O)CCc2nc(-c3ccc(OC)c(OC)c3)no2)CC1. The summed E-state index contributed by atoms with van der Waals surface area (Å²) in [5, 5.41) is 7.22. The van der Waals surface area contributed by atoms with E-state index in [-0.39, 0.29) is 11.9 Å². The quantitative estimate of drug-likeness (QED) is 0.616. The van der Waals surface area contributed by atoms with Crippen LogP contribution in [0.4, 0.5) is 0 Å². The van der Waals surface area contributed by atoms with Crippen molar-refractivity contribution in [3.63, 3.8) is 0 Å². The first-order valence-electron chi connectivity index (χ1n) is 11.2.